The van der Waals surface area contributed by atoms with E-state index < -0.39 is 17.9 Å². The van der Waals surface area contributed by atoms with Gasteiger partial charge in [-0.25, -0.2) is 0 Å². The van der Waals surface area contributed by atoms with Crippen LogP contribution in [0.3, 0.4) is 0 Å². The number of aliphatic carboxylic acids is 2. The summed E-state index contributed by atoms with van der Waals surface area (Å²) in [6.45, 7) is 11.6. The Hall–Kier alpha value is -1.89. The van der Waals surface area contributed by atoms with Gasteiger partial charge in [-0.3, -0.25) is 14.4 Å². The van der Waals surface area contributed by atoms with Crippen molar-refractivity contribution in [1.82, 2.24) is 0 Å². The maximum atomic E-state index is 12.6. The normalized spacial score (nSPS) is 23.3. The maximum Gasteiger partial charge on any atom is 0.308 e. The molecule has 7 heteroatoms. The third-order valence-electron chi connectivity index (χ3n) is 6.24. The first-order valence-electron chi connectivity index (χ1n) is 12.0. The molecule has 2 N–H and O–H groups in total. The largest absolute Gasteiger partial charge is 0.481 e. The highest BCUT2D eigenvalue weighted by atomic mass is 16.5. The summed E-state index contributed by atoms with van der Waals surface area (Å²) in [5.41, 5.74) is 0.797. The lowest BCUT2D eigenvalue weighted by molar-refractivity contribution is -0.154. The molecule has 184 valence electrons. The lowest BCUT2D eigenvalue weighted by Gasteiger charge is -2.22. The molecule has 0 amide bonds. The van der Waals surface area contributed by atoms with Gasteiger partial charge in [-0.1, -0.05) is 59.1 Å². The minimum Gasteiger partial charge on any atom is -0.481 e. The summed E-state index contributed by atoms with van der Waals surface area (Å²) in [6.07, 6.45) is 6.39. The van der Waals surface area contributed by atoms with Crippen LogP contribution in [-0.2, 0) is 23.9 Å². The van der Waals surface area contributed by atoms with Crippen molar-refractivity contribution < 1.29 is 34.1 Å². The molecule has 0 aromatic rings. The fourth-order valence-corrected chi connectivity index (χ4v) is 4.33. The van der Waals surface area contributed by atoms with Gasteiger partial charge in [-0.2, -0.15) is 0 Å². The van der Waals surface area contributed by atoms with Crippen molar-refractivity contribution in [3.05, 3.63) is 12.2 Å². The minimum absolute atomic E-state index is 0.0598. The zero-order valence-electron chi connectivity index (χ0n) is 20.2. The molecule has 0 saturated carbocycles. The summed E-state index contributed by atoms with van der Waals surface area (Å²) in [4.78, 5) is 34.5. The van der Waals surface area contributed by atoms with Gasteiger partial charge in [-0.15, -0.1) is 0 Å². The molecule has 1 heterocycles. The Kier molecular flexibility index (Phi) is 12.6. The molecule has 0 radical (unpaired) electrons. The van der Waals surface area contributed by atoms with Crippen LogP contribution in [0.25, 0.3) is 0 Å². The molecular formula is C25H42O7. The third kappa shape index (κ3) is 10.6. The van der Waals surface area contributed by atoms with E-state index in [9.17, 15) is 14.4 Å². The summed E-state index contributed by atoms with van der Waals surface area (Å²) in [6, 6.07) is 0. The molecule has 0 aromatic heterocycles. The number of carbonyl (C=O) groups excluding carboxylic acids is 1. The molecule has 32 heavy (non-hydrogen) atoms. The van der Waals surface area contributed by atoms with Crippen molar-refractivity contribution in [1.29, 1.82) is 0 Å². The Morgan fingerprint density at radius 1 is 1.09 bits per heavy atom. The van der Waals surface area contributed by atoms with E-state index in [1.165, 1.54) is 0 Å². The highest BCUT2D eigenvalue weighted by Gasteiger charge is 2.32. The van der Waals surface area contributed by atoms with Gasteiger partial charge in [0.1, 0.15) is 6.10 Å². The van der Waals surface area contributed by atoms with Crippen LogP contribution in [0.2, 0.25) is 0 Å². The number of carbonyl (C=O) groups is 3. The summed E-state index contributed by atoms with van der Waals surface area (Å²) >= 11 is 0. The second kappa shape index (κ2) is 14.3. The molecule has 1 aliphatic rings. The number of esters is 1. The summed E-state index contributed by atoms with van der Waals surface area (Å²) < 4.78 is 11.6. The van der Waals surface area contributed by atoms with Crippen LogP contribution in [0.15, 0.2) is 12.2 Å². The third-order valence-corrected chi connectivity index (χ3v) is 6.24. The first-order valence-corrected chi connectivity index (χ1v) is 12.0. The average molecular weight is 455 g/mol. The highest BCUT2D eigenvalue weighted by molar-refractivity contribution is 5.72. The van der Waals surface area contributed by atoms with Crippen LogP contribution < -0.4 is 0 Å². The smallest absolute Gasteiger partial charge is 0.308 e. The van der Waals surface area contributed by atoms with Gasteiger partial charge in [0, 0.05) is 6.42 Å². The predicted molar refractivity (Wildman–Crippen MR) is 122 cm³/mol. The van der Waals surface area contributed by atoms with Crippen LogP contribution in [0.4, 0.5) is 0 Å². The maximum absolute atomic E-state index is 12.6. The second-order valence-electron chi connectivity index (χ2n) is 9.54. The fourth-order valence-electron chi connectivity index (χ4n) is 4.33. The number of carboxylic acid groups (broad SMARTS) is 2. The van der Waals surface area contributed by atoms with E-state index in [1.54, 1.807) is 6.92 Å². The van der Waals surface area contributed by atoms with Gasteiger partial charge in [-0.05, 0) is 38.0 Å². The van der Waals surface area contributed by atoms with E-state index in [4.69, 9.17) is 19.7 Å². The Labute approximate surface area is 192 Å². The van der Waals surface area contributed by atoms with Gasteiger partial charge < -0.3 is 19.7 Å². The zero-order valence-corrected chi connectivity index (χ0v) is 20.2. The van der Waals surface area contributed by atoms with Crippen molar-refractivity contribution in [2.24, 2.45) is 17.8 Å². The number of ether oxygens (including phenoxy) is 2. The van der Waals surface area contributed by atoms with Crippen molar-refractivity contribution in [3.8, 4) is 0 Å². The van der Waals surface area contributed by atoms with Crippen molar-refractivity contribution in [2.45, 2.75) is 110 Å². The first-order chi connectivity index (χ1) is 15.0. The van der Waals surface area contributed by atoms with Crippen molar-refractivity contribution in [2.75, 3.05) is 0 Å². The van der Waals surface area contributed by atoms with Crippen molar-refractivity contribution >= 4 is 17.9 Å². The fraction of sp³-hybridized carbons (Fsp3) is 0.800. The highest BCUT2D eigenvalue weighted by Crippen LogP contribution is 2.31. The molecule has 1 saturated heterocycles. The number of unbranched alkanes of at least 4 members (excludes halogenated alkanes) is 1. The molecule has 0 aliphatic carbocycles. The minimum atomic E-state index is -0.849. The van der Waals surface area contributed by atoms with E-state index in [0.717, 1.165) is 50.5 Å². The number of hydrogen-bond acceptors (Lipinski definition) is 5. The van der Waals surface area contributed by atoms with Gasteiger partial charge in [0.15, 0.2) is 0 Å². The molecule has 7 nitrogen and oxygen atoms in total. The Bertz CT molecular complexity index is 630. The topological polar surface area (TPSA) is 110 Å². The molecule has 0 aromatic carbocycles. The van der Waals surface area contributed by atoms with Crippen LogP contribution in [0.5, 0.6) is 0 Å². The van der Waals surface area contributed by atoms with E-state index in [1.807, 2.05) is 13.8 Å². The van der Waals surface area contributed by atoms with Crippen LogP contribution >= 0.6 is 0 Å². The number of rotatable bonds is 16. The predicted octanol–water partition coefficient (Wildman–Crippen LogP) is 5.22. The number of carboxylic acids is 2. The summed E-state index contributed by atoms with van der Waals surface area (Å²) in [5.74, 6) is -2.23. The summed E-state index contributed by atoms with van der Waals surface area (Å²) in [7, 11) is 0. The van der Waals surface area contributed by atoms with Crippen LogP contribution in [-0.4, -0.2) is 46.4 Å². The molecule has 0 spiro atoms. The Morgan fingerprint density at radius 3 is 2.38 bits per heavy atom. The molecule has 1 fully saturated rings. The summed E-state index contributed by atoms with van der Waals surface area (Å²) in [5, 5.41) is 18.0. The lowest BCUT2D eigenvalue weighted by Crippen LogP contribution is -2.24. The zero-order chi connectivity index (χ0) is 24.3. The number of hydrogen-bond donors (Lipinski definition) is 2. The van der Waals surface area contributed by atoms with Gasteiger partial charge >= 0.3 is 17.9 Å². The Balaban J connectivity index is 2.36. The molecular weight excluding hydrogens is 412 g/mol. The lowest BCUT2D eigenvalue weighted by atomic mass is 9.95. The molecule has 1 rings (SSSR count). The van der Waals surface area contributed by atoms with E-state index in [0.29, 0.717) is 18.8 Å². The quantitative estimate of drug-likeness (QED) is 0.187. The average Bonchev–Trinajstić information content (AvgIpc) is 3.03. The molecule has 1 aliphatic heterocycles. The van der Waals surface area contributed by atoms with E-state index >= 15 is 0 Å². The first kappa shape index (κ1) is 28.1. The Morgan fingerprint density at radius 2 is 1.78 bits per heavy atom. The van der Waals surface area contributed by atoms with Gasteiger partial charge in [0.25, 0.3) is 0 Å². The standard InChI is InChI=1S/C25H42O7/c1-6-9-20(13-16(2)12-19(5)24(28)29)32-25(30)17(3)10-7-8-11-22-18(4)14-21(31-22)15-23(26)27/h17-22H,2,6-15H2,1,3-5H3,(H,26,27)(H,28,29)/t17-,18-,19+,20+,21+,22-/m0/s1. The molecule has 0 unspecified atom stereocenters. The molecule has 6 atom stereocenters. The monoisotopic (exact) mass is 454 g/mol. The van der Waals surface area contributed by atoms with Gasteiger partial charge in [0.2, 0.25) is 0 Å². The van der Waals surface area contributed by atoms with Crippen molar-refractivity contribution in [3.63, 3.8) is 0 Å². The van der Waals surface area contributed by atoms with Gasteiger partial charge in [0.05, 0.1) is 30.5 Å². The van der Waals surface area contributed by atoms with Crippen LogP contribution in [0.1, 0.15) is 91.9 Å². The van der Waals surface area contributed by atoms with Crippen LogP contribution in [0, 0.1) is 17.8 Å². The SMILES string of the molecule is C=C(C[C@@H](CCC)OC(=O)[C@@H](C)CCCC[C@@H]1O[C@@H](CC(=O)O)C[C@@H]1C)C[C@@H](C)C(=O)O. The van der Waals surface area contributed by atoms with E-state index in [-0.39, 0.29) is 36.6 Å². The molecule has 0 bridgehead atoms. The van der Waals surface area contributed by atoms with E-state index in [2.05, 4.69) is 13.5 Å². The second-order valence-corrected chi connectivity index (χ2v) is 9.54.